The van der Waals surface area contributed by atoms with Gasteiger partial charge in [-0.1, -0.05) is 29.8 Å². The topological polar surface area (TPSA) is 51.2 Å². The quantitative estimate of drug-likeness (QED) is 0.401. The Labute approximate surface area is 205 Å². The van der Waals surface area contributed by atoms with Gasteiger partial charge in [0, 0.05) is 36.8 Å². The highest BCUT2D eigenvalue weighted by atomic mass is 19.1. The lowest BCUT2D eigenvalue weighted by Crippen LogP contribution is -2.49. The Morgan fingerprint density at radius 3 is 2.37 bits per heavy atom. The second kappa shape index (κ2) is 11.1. The number of amides is 2. The zero-order valence-corrected chi connectivity index (χ0v) is 20.4. The number of benzene rings is 3. The first-order chi connectivity index (χ1) is 17.0. The Balaban J connectivity index is 1.48. The lowest BCUT2D eigenvalue weighted by Gasteiger charge is -2.36. The number of aryl methyl sites for hydroxylation is 1. The van der Waals surface area contributed by atoms with Crippen molar-refractivity contribution < 1.29 is 23.4 Å². The summed E-state index contributed by atoms with van der Waals surface area (Å²) in [4.78, 5) is 16.8. The van der Waals surface area contributed by atoms with E-state index in [1.807, 2.05) is 18.2 Å². The fourth-order valence-corrected chi connectivity index (χ4v) is 4.22. The Bertz CT molecular complexity index is 1170. The number of carbonyl (C=O) groups excluding carboxylic acids is 1. The summed E-state index contributed by atoms with van der Waals surface area (Å²) in [5.74, 6) is 1.41. The van der Waals surface area contributed by atoms with Crippen molar-refractivity contribution in [3.05, 3.63) is 83.2 Å². The average Bonchev–Trinajstić information content (AvgIpc) is 2.86. The molecule has 1 aliphatic heterocycles. The van der Waals surface area contributed by atoms with Gasteiger partial charge in [-0.05, 0) is 49.2 Å². The summed E-state index contributed by atoms with van der Waals surface area (Å²) in [7, 11) is 3.14. The fraction of sp³-hybridized carbons (Fsp3) is 0.321. The van der Waals surface area contributed by atoms with Crippen LogP contribution in [0.4, 0.5) is 14.9 Å². The van der Waals surface area contributed by atoms with Gasteiger partial charge in [-0.15, -0.1) is 0 Å². The number of rotatable bonds is 9. The Hall–Kier alpha value is -3.74. The number of halogens is 1. The highest BCUT2D eigenvalue weighted by Gasteiger charge is 2.28. The molecule has 0 aromatic heterocycles. The van der Waals surface area contributed by atoms with Gasteiger partial charge in [-0.3, -0.25) is 4.90 Å². The summed E-state index contributed by atoms with van der Waals surface area (Å²) in [6, 6.07) is 18.1. The maximum Gasteiger partial charge on any atom is 0.324 e. The predicted octanol–water partition coefficient (Wildman–Crippen LogP) is 5.61. The molecule has 0 spiro atoms. The van der Waals surface area contributed by atoms with Crippen LogP contribution in [0.2, 0.25) is 0 Å². The number of anilines is 1. The molecule has 3 aromatic rings. The first-order valence-corrected chi connectivity index (χ1v) is 11.7. The summed E-state index contributed by atoms with van der Waals surface area (Å²) < 4.78 is 30.7. The number of carbonyl (C=O) groups is 1. The van der Waals surface area contributed by atoms with Crippen LogP contribution < -0.4 is 19.1 Å². The van der Waals surface area contributed by atoms with Crippen molar-refractivity contribution in [1.82, 2.24) is 4.90 Å². The molecule has 0 aliphatic carbocycles. The van der Waals surface area contributed by atoms with Gasteiger partial charge in [0.05, 0.1) is 27.4 Å². The fourth-order valence-electron chi connectivity index (χ4n) is 4.22. The highest BCUT2D eigenvalue weighted by Crippen LogP contribution is 2.34. The molecular weight excluding hydrogens is 447 g/mol. The van der Waals surface area contributed by atoms with E-state index in [4.69, 9.17) is 14.2 Å². The molecule has 0 bridgehead atoms. The predicted molar refractivity (Wildman–Crippen MR) is 134 cm³/mol. The third-order valence-electron chi connectivity index (χ3n) is 6.14. The van der Waals surface area contributed by atoms with Crippen LogP contribution in [-0.4, -0.2) is 44.8 Å². The summed E-state index contributed by atoms with van der Waals surface area (Å²) in [6.07, 6.45) is 1.55. The van der Waals surface area contributed by atoms with Crippen molar-refractivity contribution in [3.8, 4) is 17.2 Å². The zero-order chi connectivity index (χ0) is 24.8. The lowest BCUT2D eigenvalue weighted by molar-refractivity contribution is 0.191. The van der Waals surface area contributed by atoms with Gasteiger partial charge in [0.15, 0.2) is 11.5 Å². The standard InChI is InChI=1S/C28H31FN2O4/c1-20-5-7-21(8-6-20)13-16-35-27-18-24(10-12-26(27)34-3)31-15-4-14-30(28(31)32)19-22-17-23(29)9-11-25(22)33-2/h5-12,17-18H,4,13-16,19H2,1-3H3. The van der Waals surface area contributed by atoms with E-state index in [2.05, 4.69) is 31.2 Å². The molecule has 3 aromatic carbocycles. The number of hydrogen-bond donors (Lipinski definition) is 0. The van der Waals surface area contributed by atoms with Crippen LogP contribution in [0.3, 0.4) is 0 Å². The minimum absolute atomic E-state index is 0.140. The zero-order valence-electron chi connectivity index (χ0n) is 20.4. The van der Waals surface area contributed by atoms with Crippen molar-refractivity contribution >= 4 is 11.7 Å². The summed E-state index contributed by atoms with van der Waals surface area (Å²) in [5.41, 5.74) is 3.79. The van der Waals surface area contributed by atoms with E-state index < -0.39 is 0 Å². The van der Waals surface area contributed by atoms with Crippen LogP contribution in [0, 0.1) is 12.7 Å². The van der Waals surface area contributed by atoms with E-state index in [-0.39, 0.29) is 18.4 Å². The van der Waals surface area contributed by atoms with Crippen LogP contribution in [-0.2, 0) is 13.0 Å². The maximum atomic E-state index is 13.8. The maximum absolute atomic E-state index is 13.8. The molecule has 7 heteroatoms. The third kappa shape index (κ3) is 5.85. The Morgan fingerprint density at radius 1 is 0.886 bits per heavy atom. The van der Waals surface area contributed by atoms with Crippen molar-refractivity contribution in [2.45, 2.75) is 26.3 Å². The van der Waals surface area contributed by atoms with Crippen molar-refractivity contribution in [1.29, 1.82) is 0 Å². The molecule has 2 amide bonds. The molecule has 35 heavy (non-hydrogen) atoms. The van der Waals surface area contributed by atoms with E-state index in [0.717, 1.165) is 18.5 Å². The van der Waals surface area contributed by atoms with Crippen molar-refractivity contribution in [2.75, 3.05) is 38.8 Å². The molecule has 0 N–H and O–H groups in total. The largest absolute Gasteiger partial charge is 0.496 e. The number of methoxy groups -OCH3 is 2. The first kappa shape index (κ1) is 24.4. The van der Waals surface area contributed by atoms with Crippen LogP contribution in [0.25, 0.3) is 0 Å². The molecule has 1 aliphatic rings. The van der Waals surface area contributed by atoms with Crippen molar-refractivity contribution in [2.24, 2.45) is 0 Å². The number of ether oxygens (including phenoxy) is 3. The molecule has 1 heterocycles. The van der Waals surface area contributed by atoms with Crippen LogP contribution in [0.5, 0.6) is 17.2 Å². The molecule has 184 valence electrons. The normalized spacial score (nSPS) is 13.7. The van der Waals surface area contributed by atoms with Crippen LogP contribution >= 0.6 is 0 Å². The smallest absolute Gasteiger partial charge is 0.324 e. The number of hydrogen-bond acceptors (Lipinski definition) is 4. The SMILES string of the molecule is COc1ccc(F)cc1CN1CCCN(c2ccc(OC)c(OCCc3ccc(C)cc3)c2)C1=O. The van der Waals surface area contributed by atoms with E-state index in [1.165, 1.54) is 23.3 Å². The van der Waals surface area contributed by atoms with Gasteiger partial charge >= 0.3 is 6.03 Å². The Kier molecular flexibility index (Phi) is 7.75. The van der Waals surface area contributed by atoms with Crippen LogP contribution in [0.1, 0.15) is 23.1 Å². The van der Waals surface area contributed by atoms with Gasteiger partial charge in [0.1, 0.15) is 11.6 Å². The number of urea groups is 1. The second-order valence-corrected chi connectivity index (χ2v) is 8.58. The molecule has 6 nitrogen and oxygen atoms in total. The summed E-state index contributed by atoms with van der Waals surface area (Å²) in [6.45, 7) is 4.00. The van der Waals surface area contributed by atoms with Gasteiger partial charge in [0.2, 0.25) is 0 Å². The van der Waals surface area contributed by atoms with Crippen LogP contribution in [0.15, 0.2) is 60.7 Å². The third-order valence-corrected chi connectivity index (χ3v) is 6.14. The van der Waals surface area contributed by atoms with Gasteiger partial charge in [-0.2, -0.15) is 0 Å². The summed E-state index contributed by atoms with van der Waals surface area (Å²) in [5, 5.41) is 0. The molecular formula is C28H31FN2O4. The van der Waals surface area contributed by atoms with Gasteiger partial charge < -0.3 is 19.1 Å². The molecule has 0 atom stereocenters. The lowest BCUT2D eigenvalue weighted by atomic mass is 10.1. The molecule has 4 rings (SSSR count). The summed E-state index contributed by atoms with van der Waals surface area (Å²) >= 11 is 0. The highest BCUT2D eigenvalue weighted by molar-refractivity contribution is 5.93. The van der Waals surface area contributed by atoms with E-state index in [1.54, 1.807) is 30.1 Å². The monoisotopic (exact) mass is 478 g/mol. The Morgan fingerprint density at radius 2 is 1.63 bits per heavy atom. The molecule has 0 radical (unpaired) electrons. The minimum Gasteiger partial charge on any atom is -0.496 e. The van der Waals surface area contributed by atoms with Crippen molar-refractivity contribution in [3.63, 3.8) is 0 Å². The molecule has 0 saturated carbocycles. The van der Waals surface area contributed by atoms with E-state index >= 15 is 0 Å². The van der Waals surface area contributed by atoms with Gasteiger partial charge in [-0.25, -0.2) is 9.18 Å². The minimum atomic E-state index is -0.357. The van der Waals surface area contributed by atoms with E-state index in [0.29, 0.717) is 42.5 Å². The molecule has 1 saturated heterocycles. The number of nitrogens with zero attached hydrogens (tertiary/aromatic N) is 2. The van der Waals surface area contributed by atoms with Gasteiger partial charge in [0.25, 0.3) is 0 Å². The second-order valence-electron chi connectivity index (χ2n) is 8.58. The van der Waals surface area contributed by atoms with E-state index in [9.17, 15) is 9.18 Å². The molecule has 0 unspecified atom stereocenters. The average molecular weight is 479 g/mol. The molecule has 1 fully saturated rings. The first-order valence-electron chi connectivity index (χ1n) is 11.7.